The number of amides is 3. The molecule has 2 aliphatic rings. The van der Waals surface area contributed by atoms with E-state index in [0.29, 0.717) is 30.0 Å². The third kappa shape index (κ3) is 6.34. The van der Waals surface area contributed by atoms with E-state index in [9.17, 15) is 14.4 Å². The molecule has 1 heterocycles. The molecule has 0 saturated heterocycles. The molecular weight excluding hydrogens is 566 g/mol. The highest BCUT2D eigenvalue weighted by Crippen LogP contribution is 2.38. The van der Waals surface area contributed by atoms with E-state index in [2.05, 4.69) is 16.0 Å². The van der Waals surface area contributed by atoms with E-state index in [1.54, 1.807) is 32.4 Å². The molecule has 3 amide bonds. The van der Waals surface area contributed by atoms with E-state index >= 15 is 0 Å². The normalized spacial score (nSPS) is 16.2. The van der Waals surface area contributed by atoms with Crippen molar-refractivity contribution in [3.63, 3.8) is 0 Å². The van der Waals surface area contributed by atoms with Crippen molar-refractivity contribution in [1.82, 2.24) is 20.4 Å². The quantitative estimate of drug-likeness (QED) is 0.199. The van der Waals surface area contributed by atoms with Gasteiger partial charge in [-0.3, -0.25) is 14.4 Å². The number of methoxy groups -OCH3 is 1. The van der Waals surface area contributed by atoms with Crippen LogP contribution in [0.15, 0.2) is 72.8 Å². The molecule has 0 bridgehead atoms. The fourth-order valence-corrected chi connectivity index (χ4v) is 6.35. The third-order valence-corrected chi connectivity index (χ3v) is 9.12. The predicted octanol–water partition coefficient (Wildman–Crippen LogP) is 6.13. The molecule has 0 aliphatic heterocycles. The van der Waals surface area contributed by atoms with Crippen LogP contribution in [0.4, 0.5) is 5.69 Å². The molecule has 2 aliphatic carbocycles. The summed E-state index contributed by atoms with van der Waals surface area (Å²) in [7, 11) is 3.23. The van der Waals surface area contributed by atoms with Gasteiger partial charge in [-0.05, 0) is 92.3 Å². The first-order chi connectivity index (χ1) is 21.9. The standard InChI is InChI=1S/C36H39N5O4/c1-37-32(42)20-11-24-9-13-27(14-10-24)38-35(44)36(21-6-22-36)39-34(43)26-12-19-30-31(23-26)40-41(28-15-17-29(45-2)18-16-28)33(30)25-7-4-3-5-8-25/h9-20,23,25H,3-8,21-22H2,1-2H3,(H,37,42)(H,38,44)(H,39,43). The van der Waals surface area contributed by atoms with Crippen molar-refractivity contribution in [2.24, 2.45) is 0 Å². The summed E-state index contributed by atoms with van der Waals surface area (Å²) >= 11 is 0. The Kier molecular flexibility index (Phi) is 8.69. The monoisotopic (exact) mass is 605 g/mol. The lowest BCUT2D eigenvalue weighted by atomic mass is 9.75. The van der Waals surface area contributed by atoms with Crippen LogP contribution >= 0.6 is 0 Å². The van der Waals surface area contributed by atoms with E-state index in [1.165, 1.54) is 31.0 Å². The summed E-state index contributed by atoms with van der Waals surface area (Å²) in [5.41, 5.74) is 3.86. The predicted molar refractivity (Wildman–Crippen MR) is 176 cm³/mol. The highest BCUT2D eigenvalue weighted by Gasteiger charge is 2.45. The topological polar surface area (TPSA) is 114 Å². The number of nitrogens with zero attached hydrogens (tertiary/aromatic N) is 2. The van der Waals surface area contributed by atoms with Gasteiger partial charge < -0.3 is 20.7 Å². The van der Waals surface area contributed by atoms with Crippen LogP contribution in [0.25, 0.3) is 22.7 Å². The number of carbonyl (C=O) groups excluding carboxylic acids is 3. The molecule has 3 N–H and O–H groups in total. The van der Waals surface area contributed by atoms with Crippen molar-refractivity contribution in [1.29, 1.82) is 0 Å². The number of fused-ring (bicyclic) bond motifs is 1. The molecule has 1 aromatic heterocycles. The minimum atomic E-state index is -0.973. The van der Waals surface area contributed by atoms with Gasteiger partial charge in [-0.15, -0.1) is 0 Å². The zero-order chi connectivity index (χ0) is 31.4. The average molecular weight is 606 g/mol. The van der Waals surface area contributed by atoms with Crippen LogP contribution in [0, 0.1) is 0 Å². The zero-order valence-corrected chi connectivity index (χ0v) is 25.8. The maximum Gasteiger partial charge on any atom is 0.252 e. The molecule has 0 spiro atoms. The highest BCUT2D eigenvalue weighted by atomic mass is 16.5. The zero-order valence-electron chi connectivity index (χ0n) is 25.8. The van der Waals surface area contributed by atoms with Crippen molar-refractivity contribution in [2.45, 2.75) is 62.8 Å². The van der Waals surface area contributed by atoms with Gasteiger partial charge in [-0.1, -0.05) is 37.5 Å². The minimum absolute atomic E-state index is 0.190. The summed E-state index contributed by atoms with van der Waals surface area (Å²) in [5, 5.41) is 14.6. The number of rotatable bonds is 9. The minimum Gasteiger partial charge on any atom is -0.497 e. The number of benzene rings is 3. The molecule has 0 radical (unpaired) electrons. The van der Waals surface area contributed by atoms with E-state index in [0.717, 1.165) is 47.2 Å². The summed E-state index contributed by atoms with van der Waals surface area (Å²) in [4.78, 5) is 38.5. The number of carbonyl (C=O) groups is 3. The molecular formula is C36H39N5O4. The van der Waals surface area contributed by atoms with E-state index in [-0.39, 0.29) is 17.7 Å². The average Bonchev–Trinajstić information content (AvgIpc) is 3.45. The Labute approximate surface area is 263 Å². The number of aromatic nitrogens is 2. The number of ether oxygens (including phenoxy) is 1. The molecule has 232 valence electrons. The van der Waals surface area contributed by atoms with Gasteiger partial charge in [0.05, 0.1) is 24.0 Å². The summed E-state index contributed by atoms with van der Waals surface area (Å²) < 4.78 is 7.39. The smallest absolute Gasteiger partial charge is 0.252 e. The second-order valence-corrected chi connectivity index (χ2v) is 12.0. The van der Waals surface area contributed by atoms with Gasteiger partial charge in [0.2, 0.25) is 11.8 Å². The summed E-state index contributed by atoms with van der Waals surface area (Å²) in [5.74, 6) is 0.465. The van der Waals surface area contributed by atoms with Crippen molar-refractivity contribution < 1.29 is 19.1 Å². The van der Waals surface area contributed by atoms with Gasteiger partial charge in [0, 0.05) is 35.7 Å². The molecule has 0 atom stereocenters. The summed E-state index contributed by atoms with van der Waals surface area (Å²) in [6.07, 6.45) is 11.0. The molecule has 9 nitrogen and oxygen atoms in total. The Morgan fingerprint density at radius 2 is 1.67 bits per heavy atom. The van der Waals surface area contributed by atoms with Gasteiger partial charge in [0.25, 0.3) is 5.91 Å². The molecule has 2 saturated carbocycles. The third-order valence-electron chi connectivity index (χ3n) is 9.12. The summed E-state index contributed by atoms with van der Waals surface area (Å²) in [6, 6.07) is 20.8. The van der Waals surface area contributed by atoms with Crippen molar-refractivity contribution >= 4 is 40.4 Å². The number of hydrogen-bond acceptors (Lipinski definition) is 5. The lowest BCUT2D eigenvalue weighted by Gasteiger charge is -2.40. The Balaban J connectivity index is 1.22. The van der Waals surface area contributed by atoms with Crippen molar-refractivity contribution in [3.8, 4) is 11.4 Å². The van der Waals surface area contributed by atoms with E-state index in [1.807, 2.05) is 59.3 Å². The Morgan fingerprint density at radius 3 is 2.31 bits per heavy atom. The first kappa shape index (κ1) is 30.1. The van der Waals surface area contributed by atoms with Crippen LogP contribution in [-0.4, -0.2) is 47.2 Å². The lowest BCUT2D eigenvalue weighted by molar-refractivity contribution is -0.125. The van der Waals surface area contributed by atoms with E-state index < -0.39 is 5.54 Å². The van der Waals surface area contributed by atoms with Crippen LogP contribution in [-0.2, 0) is 9.59 Å². The van der Waals surface area contributed by atoms with Gasteiger partial charge in [0.1, 0.15) is 11.3 Å². The SMILES string of the molecule is CNC(=O)C=Cc1ccc(NC(=O)C2(NC(=O)c3ccc4c(C5CCCCC5)n(-c5ccc(OC)cc5)nc4c3)CCC2)cc1. The van der Waals surface area contributed by atoms with Crippen molar-refractivity contribution in [3.05, 3.63) is 89.6 Å². The number of likely N-dealkylation sites (N-methyl/N-ethyl adjacent to an activating group) is 1. The Hall–Kier alpha value is -4.92. The van der Waals surface area contributed by atoms with Crippen LogP contribution in [0.3, 0.4) is 0 Å². The van der Waals surface area contributed by atoms with Gasteiger partial charge >= 0.3 is 0 Å². The largest absolute Gasteiger partial charge is 0.497 e. The second kappa shape index (κ2) is 13.0. The van der Waals surface area contributed by atoms with Crippen LogP contribution < -0.4 is 20.7 Å². The lowest BCUT2D eigenvalue weighted by Crippen LogP contribution is -2.61. The molecule has 3 aromatic carbocycles. The molecule has 45 heavy (non-hydrogen) atoms. The fourth-order valence-electron chi connectivity index (χ4n) is 6.35. The fraction of sp³-hybridized carbons (Fsp3) is 0.333. The number of anilines is 1. The highest BCUT2D eigenvalue weighted by molar-refractivity contribution is 6.05. The van der Waals surface area contributed by atoms with Gasteiger partial charge in [-0.25, -0.2) is 4.68 Å². The molecule has 4 aromatic rings. The molecule has 6 rings (SSSR count). The molecule has 2 fully saturated rings. The van der Waals surface area contributed by atoms with Crippen LogP contribution in [0.2, 0.25) is 0 Å². The first-order valence-electron chi connectivity index (χ1n) is 15.7. The van der Waals surface area contributed by atoms with Crippen LogP contribution in [0.1, 0.15) is 78.9 Å². The first-order valence-corrected chi connectivity index (χ1v) is 15.7. The maximum atomic E-state index is 13.6. The number of nitrogens with one attached hydrogen (secondary N) is 3. The maximum absolute atomic E-state index is 13.6. The molecule has 0 unspecified atom stereocenters. The van der Waals surface area contributed by atoms with Crippen molar-refractivity contribution in [2.75, 3.05) is 19.5 Å². The van der Waals surface area contributed by atoms with Crippen LogP contribution in [0.5, 0.6) is 5.75 Å². The summed E-state index contributed by atoms with van der Waals surface area (Å²) in [6.45, 7) is 0. The van der Waals surface area contributed by atoms with E-state index in [4.69, 9.17) is 9.84 Å². The van der Waals surface area contributed by atoms with Gasteiger partial charge in [-0.2, -0.15) is 5.10 Å². The number of hydrogen-bond donors (Lipinski definition) is 3. The second-order valence-electron chi connectivity index (χ2n) is 12.0. The molecule has 9 heteroatoms. The van der Waals surface area contributed by atoms with Gasteiger partial charge in [0.15, 0.2) is 0 Å². The Morgan fingerprint density at radius 1 is 0.933 bits per heavy atom. The Bertz CT molecular complexity index is 1730.